The van der Waals surface area contributed by atoms with Crippen LogP contribution in [0.2, 0.25) is 0 Å². The Hall–Kier alpha value is -2.39. The number of halogens is 3. The standard InChI is InChI=1S/C19H19F3N2O3S/c20-13-4-7-16(8-5-13)28(26,27)24-10-2-1-3-15(24)12-19(25)23-18-9-6-14(21)11-17(18)22/h4-9,11,15H,1-3,10,12H2,(H,23,25)/t15-/m0/s1. The van der Waals surface area contributed by atoms with E-state index in [0.717, 1.165) is 30.7 Å². The van der Waals surface area contributed by atoms with Gasteiger partial charge in [0.05, 0.1) is 10.6 Å². The summed E-state index contributed by atoms with van der Waals surface area (Å²) < 4.78 is 66.9. The van der Waals surface area contributed by atoms with Gasteiger partial charge in [0.15, 0.2) is 0 Å². The molecule has 0 aliphatic carbocycles. The summed E-state index contributed by atoms with van der Waals surface area (Å²) in [6.07, 6.45) is 1.69. The van der Waals surface area contributed by atoms with Crippen molar-refractivity contribution in [3.63, 3.8) is 0 Å². The van der Waals surface area contributed by atoms with Crippen LogP contribution in [0.5, 0.6) is 0 Å². The average Bonchev–Trinajstić information content (AvgIpc) is 2.65. The molecule has 0 unspecified atom stereocenters. The lowest BCUT2D eigenvalue weighted by Gasteiger charge is -2.34. The van der Waals surface area contributed by atoms with Crippen LogP contribution in [0.1, 0.15) is 25.7 Å². The number of nitrogens with zero attached hydrogens (tertiary/aromatic N) is 1. The molecule has 2 aromatic rings. The van der Waals surface area contributed by atoms with Crippen LogP contribution in [0, 0.1) is 17.5 Å². The zero-order valence-electron chi connectivity index (χ0n) is 14.9. The smallest absolute Gasteiger partial charge is 0.243 e. The second kappa shape index (κ2) is 8.32. The summed E-state index contributed by atoms with van der Waals surface area (Å²) in [7, 11) is -3.90. The molecule has 1 fully saturated rings. The van der Waals surface area contributed by atoms with Crippen LogP contribution in [0.4, 0.5) is 18.9 Å². The highest BCUT2D eigenvalue weighted by atomic mass is 32.2. The zero-order valence-corrected chi connectivity index (χ0v) is 15.7. The van der Waals surface area contributed by atoms with Crippen molar-refractivity contribution >= 4 is 21.6 Å². The molecule has 3 rings (SSSR count). The molecule has 0 bridgehead atoms. The van der Waals surface area contributed by atoms with Gasteiger partial charge in [0.1, 0.15) is 17.5 Å². The van der Waals surface area contributed by atoms with Crippen LogP contribution in [0.25, 0.3) is 0 Å². The van der Waals surface area contributed by atoms with Gasteiger partial charge in [-0.2, -0.15) is 4.31 Å². The minimum atomic E-state index is -3.90. The molecule has 1 saturated heterocycles. The number of piperidine rings is 1. The summed E-state index contributed by atoms with van der Waals surface area (Å²) in [6, 6.07) is 6.68. The van der Waals surface area contributed by atoms with Gasteiger partial charge in [-0.05, 0) is 49.2 Å². The molecule has 28 heavy (non-hydrogen) atoms. The monoisotopic (exact) mass is 412 g/mol. The summed E-state index contributed by atoms with van der Waals surface area (Å²) >= 11 is 0. The van der Waals surface area contributed by atoms with E-state index < -0.39 is 39.4 Å². The van der Waals surface area contributed by atoms with Crippen molar-refractivity contribution in [2.24, 2.45) is 0 Å². The van der Waals surface area contributed by atoms with Gasteiger partial charge in [0.2, 0.25) is 15.9 Å². The molecule has 1 heterocycles. The third kappa shape index (κ3) is 4.53. The van der Waals surface area contributed by atoms with E-state index in [2.05, 4.69) is 5.32 Å². The lowest BCUT2D eigenvalue weighted by Crippen LogP contribution is -2.45. The van der Waals surface area contributed by atoms with Gasteiger partial charge in [-0.25, -0.2) is 21.6 Å². The maximum atomic E-state index is 13.7. The number of anilines is 1. The summed E-state index contributed by atoms with van der Waals surface area (Å²) in [6.45, 7) is 0.239. The third-order valence-corrected chi connectivity index (χ3v) is 6.59. The fraction of sp³-hybridized carbons (Fsp3) is 0.316. The summed E-state index contributed by atoms with van der Waals surface area (Å²) in [4.78, 5) is 12.3. The minimum Gasteiger partial charge on any atom is -0.324 e. The van der Waals surface area contributed by atoms with E-state index in [1.807, 2.05) is 0 Å². The second-order valence-electron chi connectivity index (χ2n) is 6.60. The molecule has 2 aromatic carbocycles. The van der Waals surface area contributed by atoms with Crippen LogP contribution in [0.15, 0.2) is 47.4 Å². The first-order valence-electron chi connectivity index (χ1n) is 8.79. The number of hydrogen-bond donors (Lipinski definition) is 1. The SMILES string of the molecule is O=C(C[C@@H]1CCCCN1S(=O)(=O)c1ccc(F)cc1)Nc1ccc(F)cc1F. The van der Waals surface area contributed by atoms with Gasteiger partial charge in [-0.3, -0.25) is 4.79 Å². The molecule has 1 aliphatic heterocycles. The topological polar surface area (TPSA) is 66.5 Å². The van der Waals surface area contributed by atoms with Crippen molar-refractivity contribution in [3.8, 4) is 0 Å². The minimum absolute atomic E-state index is 0.0502. The molecule has 1 amide bonds. The molecule has 1 N–H and O–H groups in total. The van der Waals surface area contributed by atoms with Gasteiger partial charge >= 0.3 is 0 Å². The second-order valence-corrected chi connectivity index (χ2v) is 8.49. The lowest BCUT2D eigenvalue weighted by molar-refractivity contribution is -0.117. The Labute approximate surface area is 161 Å². The molecule has 0 spiro atoms. The highest BCUT2D eigenvalue weighted by Gasteiger charge is 2.34. The number of carbonyl (C=O) groups is 1. The van der Waals surface area contributed by atoms with E-state index in [1.165, 1.54) is 16.4 Å². The van der Waals surface area contributed by atoms with Crippen LogP contribution < -0.4 is 5.32 Å². The van der Waals surface area contributed by atoms with Crippen molar-refractivity contribution in [2.45, 2.75) is 36.6 Å². The molecule has 0 aromatic heterocycles. The van der Waals surface area contributed by atoms with Crippen molar-refractivity contribution in [1.82, 2.24) is 4.31 Å². The number of hydrogen-bond acceptors (Lipinski definition) is 3. The van der Waals surface area contributed by atoms with Gasteiger partial charge in [-0.15, -0.1) is 0 Å². The number of sulfonamides is 1. The molecular formula is C19H19F3N2O3S. The Kier molecular flexibility index (Phi) is 6.04. The van der Waals surface area contributed by atoms with E-state index in [0.29, 0.717) is 18.9 Å². The normalized spacial score (nSPS) is 18.0. The predicted molar refractivity (Wildman–Crippen MR) is 97.5 cm³/mol. The summed E-state index contributed by atoms with van der Waals surface area (Å²) in [5.74, 6) is -2.79. The number of rotatable bonds is 5. The van der Waals surface area contributed by atoms with Gasteiger partial charge in [-0.1, -0.05) is 6.42 Å². The maximum absolute atomic E-state index is 13.7. The Bertz CT molecular complexity index is 965. The van der Waals surface area contributed by atoms with Crippen molar-refractivity contribution < 1.29 is 26.4 Å². The quantitative estimate of drug-likeness (QED) is 0.815. The van der Waals surface area contributed by atoms with E-state index in [-0.39, 0.29) is 23.5 Å². The van der Waals surface area contributed by atoms with Crippen LogP contribution >= 0.6 is 0 Å². The fourth-order valence-electron chi connectivity index (χ4n) is 3.24. The molecule has 0 saturated carbocycles. The molecular weight excluding hydrogens is 393 g/mol. The molecule has 150 valence electrons. The summed E-state index contributed by atoms with van der Waals surface area (Å²) in [5.41, 5.74) is -0.171. The highest BCUT2D eigenvalue weighted by molar-refractivity contribution is 7.89. The van der Waals surface area contributed by atoms with Crippen molar-refractivity contribution in [3.05, 3.63) is 59.9 Å². The molecule has 9 heteroatoms. The van der Waals surface area contributed by atoms with Crippen LogP contribution in [-0.4, -0.2) is 31.2 Å². The number of benzene rings is 2. The summed E-state index contributed by atoms with van der Waals surface area (Å²) in [5, 5.41) is 2.35. The van der Waals surface area contributed by atoms with E-state index in [9.17, 15) is 26.4 Å². The molecule has 0 radical (unpaired) electrons. The Balaban J connectivity index is 1.75. The van der Waals surface area contributed by atoms with Crippen molar-refractivity contribution in [2.75, 3.05) is 11.9 Å². The first-order valence-corrected chi connectivity index (χ1v) is 10.2. The Morgan fingerprint density at radius 2 is 1.71 bits per heavy atom. The van der Waals surface area contributed by atoms with Crippen LogP contribution in [-0.2, 0) is 14.8 Å². The van der Waals surface area contributed by atoms with E-state index in [1.54, 1.807) is 0 Å². The van der Waals surface area contributed by atoms with Gasteiger partial charge < -0.3 is 5.32 Å². The van der Waals surface area contributed by atoms with Gasteiger partial charge in [0, 0.05) is 25.1 Å². The van der Waals surface area contributed by atoms with E-state index in [4.69, 9.17) is 0 Å². The molecule has 5 nitrogen and oxygen atoms in total. The first kappa shape index (κ1) is 20.3. The zero-order chi connectivity index (χ0) is 20.3. The number of nitrogens with one attached hydrogen (secondary N) is 1. The molecule has 1 aliphatic rings. The lowest BCUT2D eigenvalue weighted by atomic mass is 10.0. The largest absolute Gasteiger partial charge is 0.324 e. The Morgan fingerprint density at radius 1 is 1.04 bits per heavy atom. The van der Waals surface area contributed by atoms with Crippen molar-refractivity contribution in [1.29, 1.82) is 0 Å². The fourth-order valence-corrected chi connectivity index (χ4v) is 4.94. The van der Waals surface area contributed by atoms with Crippen LogP contribution in [0.3, 0.4) is 0 Å². The van der Waals surface area contributed by atoms with Gasteiger partial charge in [0.25, 0.3) is 0 Å². The highest BCUT2D eigenvalue weighted by Crippen LogP contribution is 2.28. The first-order chi connectivity index (χ1) is 13.3. The average molecular weight is 412 g/mol. The number of carbonyl (C=O) groups excluding carboxylic acids is 1. The molecule has 1 atom stereocenters. The number of amides is 1. The van der Waals surface area contributed by atoms with E-state index >= 15 is 0 Å². The maximum Gasteiger partial charge on any atom is 0.243 e. The third-order valence-electron chi connectivity index (χ3n) is 4.62. The Morgan fingerprint density at radius 3 is 2.39 bits per heavy atom. The predicted octanol–water partition coefficient (Wildman–Crippen LogP) is 3.68.